The van der Waals surface area contributed by atoms with Crippen LogP contribution < -0.4 is 10.1 Å². The highest BCUT2D eigenvalue weighted by Gasteiger charge is 2.45. The number of amides is 1. The predicted octanol–water partition coefficient (Wildman–Crippen LogP) is 8.35. The van der Waals surface area contributed by atoms with Crippen LogP contribution in [0, 0.1) is 12.7 Å². The van der Waals surface area contributed by atoms with Gasteiger partial charge in [-0.3, -0.25) is 9.78 Å². The maximum atomic E-state index is 15.0. The number of pyridine rings is 1. The fourth-order valence-electron chi connectivity index (χ4n) is 4.46. The minimum atomic E-state index is -5.00. The Morgan fingerprint density at radius 3 is 2.26 bits per heavy atom. The molecule has 0 bridgehead atoms. The molecule has 226 valence electrons. The van der Waals surface area contributed by atoms with Gasteiger partial charge in [-0.05, 0) is 60.0 Å². The van der Waals surface area contributed by atoms with E-state index in [0.717, 1.165) is 24.3 Å². The molecule has 3 aromatic carbocycles. The predicted molar refractivity (Wildman–Crippen MR) is 142 cm³/mol. The van der Waals surface area contributed by atoms with Crippen molar-refractivity contribution in [2.45, 2.75) is 37.6 Å². The molecule has 0 unspecified atom stereocenters. The van der Waals surface area contributed by atoms with Crippen molar-refractivity contribution in [2.75, 3.05) is 0 Å². The van der Waals surface area contributed by atoms with Crippen molar-refractivity contribution in [3.8, 4) is 5.75 Å². The Morgan fingerprint density at radius 2 is 1.65 bits per heavy atom. The average molecular weight is 629 g/mol. The Morgan fingerprint density at radius 1 is 0.953 bits per heavy atom. The number of nitrogens with zero attached hydrogens (tertiary/aromatic N) is 1. The van der Waals surface area contributed by atoms with E-state index < -0.39 is 52.9 Å². The molecule has 1 amide bonds. The van der Waals surface area contributed by atoms with Crippen molar-refractivity contribution < 1.29 is 44.7 Å². The Labute approximate surface area is 245 Å². The van der Waals surface area contributed by atoms with E-state index in [2.05, 4.69) is 15.0 Å². The summed E-state index contributed by atoms with van der Waals surface area (Å²) in [7, 11) is 0. The quantitative estimate of drug-likeness (QED) is 0.190. The van der Waals surface area contributed by atoms with Crippen LogP contribution in [0.4, 0.5) is 35.1 Å². The number of carbonyl (C=O) groups is 1. The zero-order valence-corrected chi connectivity index (χ0v) is 22.8. The van der Waals surface area contributed by atoms with Gasteiger partial charge < -0.3 is 10.1 Å². The molecule has 4 nitrogen and oxygen atoms in total. The first-order chi connectivity index (χ1) is 20.1. The average Bonchev–Trinajstić information content (AvgIpc) is 2.92. The summed E-state index contributed by atoms with van der Waals surface area (Å²) in [6.07, 6.45) is -13.1. The summed E-state index contributed by atoms with van der Waals surface area (Å²) in [4.78, 5) is 17.9. The first-order valence-corrected chi connectivity index (χ1v) is 12.8. The summed E-state index contributed by atoms with van der Waals surface area (Å²) < 4.78 is 113. The largest absolute Gasteiger partial charge is 0.461 e. The molecular weight excluding hydrogens is 608 g/mol. The van der Waals surface area contributed by atoms with Crippen LogP contribution in [-0.2, 0) is 18.1 Å². The van der Waals surface area contributed by atoms with E-state index in [9.17, 15) is 39.9 Å². The van der Waals surface area contributed by atoms with E-state index in [4.69, 9.17) is 11.6 Å². The molecule has 4 aromatic rings. The summed E-state index contributed by atoms with van der Waals surface area (Å²) in [6.45, 7) is 1.21. The fourth-order valence-corrected chi connectivity index (χ4v) is 4.57. The highest BCUT2D eigenvalue weighted by Crippen LogP contribution is 2.38. The van der Waals surface area contributed by atoms with E-state index in [-0.39, 0.29) is 28.3 Å². The molecular formula is C30H21ClF8N2O2. The molecule has 43 heavy (non-hydrogen) atoms. The SMILES string of the molecule is Cc1ccc(C(=O)N[C@@](Cc2ccccc2)(c2cc(F)cc(OC(F)(F)C(F)F)c2)c2ccc(Cl)cn2)cc1C(F)(F)F. The molecule has 1 N–H and O–H groups in total. The summed E-state index contributed by atoms with van der Waals surface area (Å²) in [5.74, 6) is -3.27. The zero-order chi connectivity index (χ0) is 31.6. The second-order valence-electron chi connectivity index (χ2n) is 9.55. The second-order valence-corrected chi connectivity index (χ2v) is 9.99. The fraction of sp³-hybridized carbons (Fsp3) is 0.200. The van der Waals surface area contributed by atoms with Crippen LogP contribution in [-0.4, -0.2) is 23.4 Å². The molecule has 1 heterocycles. The highest BCUT2D eigenvalue weighted by molar-refractivity contribution is 6.30. The Kier molecular flexibility index (Phi) is 9.00. The lowest BCUT2D eigenvalue weighted by atomic mass is 9.80. The number of aryl methyl sites for hydroxylation is 1. The molecule has 0 saturated carbocycles. The highest BCUT2D eigenvalue weighted by atomic mass is 35.5. The maximum Gasteiger partial charge on any atom is 0.461 e. The summed E-state index contributed by atoms with van der Waals surface area (Å²) in [5.41, 5.74) is -3.46. The minimum absolute atomic E-state index is 0.0329. The molecule has 0 aliphatic carbocycles. The second kappa shape index (κ2) is 12.2. The van der Waals surface area contributed by atoms with Crippen molar-refractivity contribution in [3.05, 3.63) is 129 Å². The summed E-state index contributed by atoms with van der Waals surface area (Å²) in [5, 5.41) is 2.77. The number of nitrogens with one attached hydrogen (secondary N) is 1. The molecule has 1 aromatic heterocycles. The number of benzene rings is 3. The smallest absolute Gasteiger partial charge is 0.428 e. The van der Waals surface area contributed by atoms with Crippen molar-refractivity contribution >= 4 is 17.5 Å². The van der Waals surface area contributed by atoms with Crippen molar-refractivity contribution in [1.82, 2.24) is 10.3 Å². The lowest BCUT2D eigenvalue weighted by Gasteiger charge is -2.36. The van der Waals surface area contributed by atoms with Crippen molar-refractivity contribution in [2.24, 2.45) is 0 Å². The standard InChI is InChI=1S/C30H21ClF8N2O2/c1-17-7-8-19(11-24(17)29(35,36)37)26(42)41-28(15-18-5-3-2-4-6-18,25-10-9-21(31)16-40-25)20-12-22(32)14-23(13-20)43-30(38,39)27(33)34/h2-14,16,27H,15H2,1H3,(H,41,42)/t28-/m0/s1. The van der Waals surface area contributed by atoms with Gasteiger partial charge in [0.25, 0.3) is 5.91 Å². The lowest BCUT2D eigenvalue weighted by Crippen LogP contribution is -2.49. The monoisotopic (exact) mass is 628 g/mol. The first kappa shape index (κ1) is 31.7. The normalized spacial score (nSPS) is 13.5. The van der Waals surface area contributed by atoms with Gasteiger partial charge in [-0.1, -0.05) is 48.0 Å². The minimum Gasteiger partial charge on any atom is -0.428 e. The number of rotatable bonds is 9. The van der Waals surface area contributed by atoms with Gasteiger partial charge in [0.05, 0.1) is 16.3 Å². The van der Waals surface area contributed by atoms with Crippen LogP contribution in [0.15, 0.2) is 85.1 Å². The van der Waals surface area contributed by atoms with Gasteiger partial charge in [0.2, 0.25) is 0 Å². The Balaban J connectivity index is 1.95. The van der Waals surface area contributed by atoms with Crippen LogP contribution in [0.25, 0.3) is 0 Å². The molecule has 13 heteroatoms. The summed E-state index contributed by atoms with van der Waals surface area (Å²) in [6, 6.07) is 15.9. The molecule has 0 radical (unpaired) electrons. The van der Waals surface area contributed by atoms with E-state index >= 15 is 0 Å². The molecule has 0 fully saturated rings. The van der Waals surface area contributed by atoms with E-state index in [1.54, 1.807) is 30.3 Å². The van der Waals surface area contributed by atoms with Gasteiger partial charge in [-0.25, -0.2) is 4.39 Å². The summed E-state index contributed by atoms with van der Waals surface area (Å²) >= 11 is 6.01. The first-order valence-electron chi connectivity index (χ1n) is 12.4. The molecule has 1 atom stereocenters. The number of carbonyl (C=O) groups excluding carboxylic acids is 1. The third-order valence-corrected chi connectivity index (χ3v) is 6.70. The van der Waals surface area contributed by atoms with Gasteiger partial charge in [-0.2, -0.15) is 30.7 Å². The molecule has 4 rings (SSSR count). The van der Waals surface area contributed by atoms with E-state index in [1.165, 1.54) is 25.3 Å². The topological polar surface area (TPSA) is 51.2 Å². The van der Waals surface area contributed by atoms with Gasteiger partial charge in [-0.15, -0.1) is 0 Å². The van der Waals surface area contributed by atoms with E-state index in [0.29, 0.717) is 17.7 Å². The number of alkyl halides is 7. The Bertz CT molecular complexity index is 1600. The van der Waals surface area contributed by atoms with Gasteiger partial charge in [0.1, 0.15) is 17.1 Å². The molecule has 0 aliphatic heterocycles. The number of ether oxygens (including phenoxy) is 1. The maximum absolute atomic E-state index is 15.0. The van der Waals surface area contributed by atoms with Gasteiger partial charge in [0.15, 0.2) is 0 Å². The van der Waals surface area contributed by atoms with Gasteiger partial charge >= 0.3 is 18.7 Å². The third-order valence-electron chi connectivity index (χ3n) is 6.48. The van der Waals surface area contributed by atoms with E-state index in [1.807, 2.05) is 0 Å². The van der Waals surface area contributed by atoms with Crippen LogP contribution in [0.3, 0.4) is 0 Å². The number of aromatic nitrogens is 1. The molecule has 0 saturated heterocycles. The van der Waals surface area contributed by atoms with Crippen LogP contribution in [0.1, 0.15) is 38.3 Å². The molecule has 0 spiro atoms. The number of halogens is 9. The number of hydrogen-bond acceptors (Lipinski definition) is 3. The number of hydrogen-bond donors (Lipinski definition) is 1. The molecule has 0 aliphatic rings. The van der Waals surface area contributed by atoms with Crippen molar-refractivity contribution in [1.29, 1.82) is 0 Å². The Hall–Kier alpha value is -4.19. The van der Waals surface area contributed by atoms with Crippen molar-refractivity contribution in [3.63, 3.8) is 0 Å². The van der Waals surface area contributed by atoms with Gasteiger partial charge in [0, 0.05) is 24.2 Å². The van der Waals surface area contributed by atoms with Crippen LogP contribution in [0.5, 0.6) is 5.75 Å². The third kappa shape index (κ3) is 7.24. The van der Waals surface area contributed by atoms with Crippen LogP contribution in [0.2, 0.25) is 5.02 Å². The zero-order valence-electron chi connectivity index (χ0n) is 22.0. The lowest BCUT2D eigenvalue weighted by molar-refractivity contribution is -0.253. The van der Waals surface area contributed by atoms with Crippen LogP contribution >= 0.6 is 11.6 Å².